The van der Waals surface area contributed by atoms with Crippen molar-refractivity contribution < 1.29 is 0 Å². The largest absolute Gasteiger partial charge is 0.344 e. The molecule has 1 fully saturated rings. The van der Waals surface area contributed by atoms with E-state index in [4.69, 9.17) is 4.99 Å². The molecular formula is C20H33N3. The van der Waals surface area contributed by atoms with Gasteiger partial charge in [-0.3, -0.25) is 0 Å². The lowest BCUT2D eigenvalue weighted by molar-refractivity contribution is 0.553. The Balaban J connectivity index is 2.67. The maximum absolute atomic E-state index is 5.13. The first kappa shape index (κ1) is 17.8. The van der Waals surface area contributed by atoms with Crippen molar-refractivity contribution in [3.05, 3.63) is 28.8 Å². The summed E-state index contributed by atoms with van der Waals surface area (Å²) in [6.45, 7) is 15.7. The predicted octanol–water partition coefficient (Wildman–Crippen LogP) is 4.92. The minimum absolute atomic E-state index is 0.475. The molecule has 0 saturated carbocycles. The number of likely N-dealkylation sites (N-methyl/N-ethyl adjacent to an activating group) is 2. The zero-order valence-electron chi connectivity index (χ0n) is 16.1. The Morgan fingerprint density at radius 3 is 1.57 bits per heavy atom. The summed E-state index contributed by atoms with van der Waals surface area (Å²) in [7, 11) is 4.27. The Hall–Kier alpha value is -1.51. The van der Waals surface area contributed by atoms with Crippen LogP contribution in [0.2, 0.25) is 0 Å². The Morgan fingerprint density at radius 2 is 1.22 bits per heavy atom. The summed E-state index contributed by atoms with van der Waals surface area (Å²) in [6.07, 6.45) is 0. The van der Waals surface area contributed by atoms with Gasteiger partial charge in [-0.2, -0.15) is 0 Å². The van der Waals surface area contributed by atoms with Crippen molar-refractivity contribution in [1.29, 1.82) is 0 Å². The van der Waals surface area contributed by atoms with Gasteiger partial charge in [0.1, 0.15) is 0 Å². The maximum Gasteiger partial charge on any atom is 0.201 e. The third-order valence-electron chi connectivity index (χ3n) is 4.77. The van der Waals surface area contributed by atoms with Crippen molar-refractivity contribution in [2.24, 2.45) is 4.99 Å². The second-order valence-corrected chi connectivity index (χ2v) is 7.77. The van der Waals surface area contributed by atoms with E-state index in [1.165, 1.54) is 22.4 Å². The highest BCUT2D eigenvalue weighted by Gasteiger charge is 2.23. The average Bonchev–Trinajstić information content (AvgIpc) is 2.78. The maximum atomic E-state index is 5.13. The third-order valence-corrected chi connectivity index (χ3v) is 4.77. The minimum atomic E-state index is 0.475. The molecule has 1 heterocycles. The van der Waals surface area contributed by atoms with Crippen LogP contribution < -0.4 is 0 Å². The van der Waals surface area contributed by atoms with E-state index >= 15 is 0 Å². The molecule has 1 aromatic carbocycles. The third kappa shape index (κ3) is 3.70. The number of rotatable bonds is 4. The number of hydrogen-bond acceptors (Lipinski definition) is 1. The number of benzene rings is 1. The van der Waals surface area contributed by atoms with Crippen molar-refractivity contribution in [2.75, 3.05) is 27.2 Å². The fourth-order valence-electron chi connectivity index (χ4n) is 3.11. The summed E-state index contributed by atoms with van der Waals surface area (Å²) in [6, 6.07) is 4.74. The van der Waals surface area contributed by atoms with Gasteiger partial charge in [-0.05, 0) is 34.4 Å². The van der Waals surface area contributed by atoms with E-state index in [1.54, 1.807) is 0 Å². The number of guanidine groups is 1. The molecule has 1 aliphatic rings. The molecule has 1 aromatic rings. The SMILES string of the molecule is CC(C)c1cc(C(C)C)c(N=C2N(C)CCN2C)c(C(C)C)c1. The van der Waals surface area contributed by atoms with Crippen LogP contribution in [-0.4, -0.2) is 42.9 Å². The number of nitrogens with zero attached hydrogens (tertiary/aromatic N) is 3. The van der Waals surface area contributed by atoms with E-state index in [0.29, 0.717) is 17.8 Å². The molecule has 3 heteroatoms. The summed E-state index contributed by atoms with van der Waals surface area (Å²) < 4.78 is 0. The molecule has 0 atom stereocenters. The van der Waals surface area contributed by atoms with Crippen LogP contribution >= 0.6 is 0 Å². The zero-order chi connectivity index (χ0) is 17.3. The molecule has 0 amide bonds. The molecular weight excluding hydrogens is 282 g/mol. The van der Waals surface area contributed by atoms with Crippen LogP contribution in [0.25, 0.3) is 0 Å². The fraction of sp³-hybridized carbons (Fsp3) is 0.650. The monoisotopic (exact) mass is 315 g/mol. The smallest absolute Gasteiger partial charge is 0.201 e. The summed E-state index contributed by atoms with van der Waals surface area (Å²) >= 11 is 0. The summed E-state index contributed by atoms with van der Waals surface area (Å²) in [4.78, 5) is 9.64. The Labute approximate surface area is 142 Å². The topological polar surface area (TPSA) is 18.8 Å². The van der Waals surface area contributed by atoms with Crippen molar-refractivity contribution in [2.45, 2.75) is 59.3 Å². The van der Waals surface area contributed by atoms with E-state index in [0.717, 1.165) is 19.0 Å². The van der Waals surface area contributed by atoms with Gasteiger partial charge in [0.15, 0.2) is 0 Å². The molecule has 1 saturated heterocycles. The second kappa shape index (κ2) is 6.94. The molecule has 0 radical (unpaired) electrons. The Bertz CT molecular complexity index is 544. The van der Waals surface area contributed by atoms with Gasteiger partial charge < -0.3 is 9.80 Å². The van der Waals surface area contributed by atoms with Gasteiger partial charge >= 0.3 is 0 Å². The Kier molecular flexibility index (Phi) is 5.38. The minimum Gasteiger partial charge on any atom is -0.344 e. The number of aliphatic imine (C=N–C) groups is 1. The van der Waals surface area contributed by atoms with Crippen molar-refractivity contribution in [3.63, 3.8) is 0 Å². The van der Waals surface area contributed by atoms with E-state index in [9.17, 15) is 0 Å². The molecule has 23 heavy (non-hydrogen) atoms. The van der Waals surface area contributed by atoms with Crippen molar-refractivity contribution in [3.8, 4) is 0 Å². The van der Waals surface area contributed by atoms with Crippen molar-refractivity contribution >= 4 is 11.6 Å². The van der Waals surface area contributed by atoms with Crippen LogP contribution in [0.3, 0.4) is 0 Å². The molecule has 3 nitrogen and oxygen atoms in total. The van der Waals surface area contributed by atoms with Gasteiger partial charge in [-0.25, -0.2) is 4.99 Å². The predicted molar refractivity (Wildman–Crippen MR) is 101 cm³/mol. The quantitative estimate of drug-likeness (QED) is 0.785. The summed E-state index contributed by atoms with van der Waals surface area (Å²) in [5.41, 5.74) is 5.37. The second-order valence-electron chi connectivity index (χ2n) is 7.77. The van der Waals surface area contributed by atoms with E-state index in [2.05, 4.69) is 77.6 Å². The van der Waals surface area contributed by atoms with Gasteiger partial charge in [0.2, 0.25) is 5.96 Å². The fourth-order valence-corrected chi connectivity index (χ4v) is 3.11. The Morgan fingerprint density at radius 1 is 0.783 bits per heavy atom. The molecule has 0 spiro atoms. The standard InChI is InChI=1S/C20H33N3/c1-13(2)16-11-17(14(3)4)19(18(12-16)15(5)6)21-20-22(7)9-10-23(20)8/h11-15H,9-10H2,1-8H3. The molecule has 1 aliphatic heterocycles. The van der Waals surface area contributed by atoms with E-state index in [-0.39, 0.29) is 0 Å². The highest BCUT2D eigenvalue weighted by Crippen LogP contribution is 2.38. The van der Waals surface area contributed by atoms with Crippen LogP contribution in [0.15, 0.2) is 17.1 Å². The lowest BCUT2D eigenvalue weighted by Crippen LogP contribution is -2.28. The molecule has 0 aliphatic carbocycles. The first-order valence-electron chi connectivity index (χ1n) is 8.91. The lowest BCUT2D eigenvalue weighted by Gasteiger charge is -2.23. The van der Waals surface area contributed by atoms with Gasteiger partial charge in [0.05, 0.1) is 5.69 Å². The van der Waals surface area contributed by atoms with E-state index in [1.807, 2.05) is 0 Å². The van der Waals surface area contributed by atoms with Crippen LogP contribution in [0.4, 0.5) is 5.69 Å². The molecule has 2 rings (SSSR count). The van der Waals surface area contributed by atoms with Gasteiger partial charge in [0.25, 0.3) is 0 Å². The van der Waals surface area contributed by atoms with Gasteiger partial charge in [0, 0.05) is 27.2 Å². The zero-order valence-corrected chi connectivity index (χ0v) is 16.1. The number of hydrogen-bond donors (Lipinski definition) is 0. The highest BCUT2D eigenvalue weighted by atomic mass is 15.4. The summed E-state index contributed by atoms with van der Waals surface area (Å²) in [5, 5.41) is 0. The normalized spacial score (nSPS) is 15.5. The molecule has 0 unspecified atom stereocenters. The first-order valence-corrected chi connectivity index (χ1v) is 8.91. The van der Waals surface area contributed by atoms with Gasteiger partial charge in [-0.1, -0.05) is 53.7 Å². The molecule has 0 aromatic heterocycles. The first-order chi connectivity index (χ1) is 10.7. The van der Waals surface area contributed by atoms with Crippen molar-refractivity contribution in [1.82, 2.24) is 9.80 Å². The van der Waals surface area contributed by atoms with Crippen LogP contribution in [0, 0.1) is 0 Å². The van der Waals surface area contributed by atoms with Crippen LogP contribution in [-0.2, 0) is 0 Å². The van der Waals surface area contributed by atoms with E-state index < -0.39 is 0 Å². The molecule has 0 N–H and O–H groups in total. The highest BCUT2D eigenvalue weighted by molar-refractivity contribution is 5.85. The summed E-state index contributed by atoms with van der Waals surface area (Å²) in [5.74, 6) is 2.58. The molecule has 0 bridgehead atoms. The van der Waals surface area contributed by atoms with Gasteiger partial charge in [-0.15, -0.1) is 0 Å². The van der Waals surface area contributed by atoms with Crippen LogP contribution in [0.1, 0.15) is 76.0 Å². The van der Waals surface area contributed by atoms with Crippen LogP contribution in [0.5, 0.6) is 0 Å². The average molecular weight is 316 g/mol. The lowest BCUT2D eigenvalue weighted by atomic mass is 9.87. The molecule has 128 valence electrons.